The third-order valence-electron chi connectivity index (χ3n) is 9.27. The molecule has 3 aromatic heterocycles. The lowest BCUT2D eigenvalue weighted by Crippen LogP contribution is -2.30. The van der Waals surface area contributed by atoms with Crippen LogP contribution in [0, 0.1) is 6.57 Å². The topological polar surface area (TPSA) is 25.4 Å². The van der Waals surface area contributed by atoms with Gasteiger partial charge >= 0.3 is 0 Å². The lowest BCUT2D eigenvalue weighted by atomic mass is 9.73. The second kappa shape index (κ2) is 9.03. The van der Waals surface area contributed by atoms with Gasteiger partial charge in [0.15, 0.2) is 5.69 Å². The van der Waals surface area contributed by atoms with Gasteiger partial charge in [-0.2, -0.15) is 0 Å². The molecular weight excluding hydrogens is 557 g/mol. The molecule has 1 aliphatic rings. The highest BCUT2D eigenvalue weighted by atomic mass is 32.1. The van der Waals surface area contributed by atoms with E-state index in [1.807, 2.05) is 35.9 Å². The van der Waals surface area contributed by atoms with E-state index in [-0.39, 0.29) is 5.41 Å². The Morgan fingerprint density at radius 1 is 0.659 bits per heavy atom. The first-order valence-corrected chi connectivity index (χ1v) is 15.6. The summed E-state index contributed by atoms with van der Waals surface area (Å²) in [4.78, 5) is 10.5. The van der Waals surface area contributed by atoms with Gasteiger partial charge in [-0.1, -0.05) is 56.3 Å². The molecule has 0 saturated carbocycles. The lowest BCUT2D eigenvalue weighted by Gasteiger charge is -2.42. The van der Waals surface area contributed by atoms with Crippen LogP contribution in [-0.4, -0.2) is 9.55 Å². The number of rotatable bonds is 2. The van der Waals surface area contributed by atoms with E-state index in [2.05, 4.69) is 130 Å². The number of hydrogen-bond acceptors (Lipinski definition) is 3. The Balaban J connectivity index is 1.27. The fourth-order valence-electron chi connectivity index (χ4n) is 7.18. The number of anilines is 3. The molecule has 4 heterocycles. The summed E-state index contributed by atoms with van der Waals surface area (Å²) in [5.74, 6) is 0. The maximum Gasteiger partial charge on any atom is 0.188 e. The number of nitrogens with zero attached hydrogens (tertiary/aromatic N) is 4. The zero-order valence-electron chi connectivity index (χ0n) is 24.2. The predicted octanol–water partition coefficient (Wildman–Crippen LogP) is 11.2. The van der Waals surface area contributed by atoms with Crippen LogP contribution in [0.1, 0.15) is 25.0 Å². The maximum absolute atomic E-state index is 7.54. The second-order valence-corrected chi connectivity index (χ2v) is 13.1. The number of para-hydroxylation sites is 2. The lowest BCUT2D eigenvalue weighted by molar-refractivity contribution is 0.632. The molecule has 5 heteroatoms. The van der Waals surface area contributed by atoms with Crippen molar-refractivity contribution >= 4 is 76.1 Å². The second-order valence-electron chi connectivity index (χ2n) is 12.0. The molecule has 9 rings (SSSR count). The van der Waals surface area contributed by atoms with Crippen molar-refractivity contribution in [3.8, 4) is 5.69 Å². The van der Waals surface area contributed by atoms with Crippen LogP contribution < -0.4 is 4.90 Å². The number of benzene rings is 5. The monoisotopic (exact) mass is 582 g/mol. The van der Waals surface area contributed by atoms with Gasteiger partial charge in [-0.3, -0.25) is 4.98 Å². The molecule has 0 amide bonds. The highest BCUT2D eigenvalue weighted by Gasteiger charge is 2.36. The van der Waals surface area contributed by atoms with E-state index in [9.17, 15) is 0 Å². The molecule has 208 valence electrons. The molecule has 0 radical (unpaired) electrons. The standard InChI is InChI=1S/C39H26N4S/c1-39(2)31-8-4-6-10-35(31)43(36-11-7-5-9-32(36)39)26-14-17-38-29(22-26)28-21-25(13-16-37(28)44-38)42-33-15-12-24(40-3)20-27(33)30-23-41-19-18-34(30)42/h4-23H,1-2H3. The van der Waals surface area contributed by atoms with Crippen molar-refractivity contribution in [3.63, 3.8) is 0 Å². The van der Waals surface area contributed by atoms with Crippen LogP contribution in [0.2, 0.25) is 0 Å². The summed E-state index contributed by atoms with van der Waals surface area (Å²) in [6, 6.07) is 39.3. The number of thiophene rings is 1. The van der Waals surface area contributed by atoms with Gasteiger partial charge in [-0.05, 0) is 83.2 Å². The predicted molar refractivity (Wildman–Crippen MR) is 185 cm³/mol. The van der Waals surface area contributed by atoms with E-state index >= 15 is 0 Å². The van der Waals surface area contributed by atoms with Gasteiger partial charge in [0.2, 0.25) is 0 Å². The summed E-state index contributed by atoms with van der Waals surface area (Å²) in [5, 5.41) is 4.59. The average molecular weight is 583 g/mol. The highest BCUT2D eigenvalue weighted by Crippen LogP contribution is 2.52. The van der Waals surface area contributed by atoms with E-state index in [0.717, 1.165) is 33.2 Å². The first-order valence-electron chi connectivity index (χ1n) is 14.7. The summed E-state index contributed by atoms with van der Waals surface area (Å²) in [5.41, 5.74) is 10.1. The van der Waals surface area contributed by atoms with Crippen LogP contribution >= 0.6 is 11.3 Å². The molecule has 0 aliphatic carbocycles. The third-order valence-corrected chi connectivity index (χ3v) is 10.4. The SMILES string of the molecule is [C-]#[N+]c1ccc2c(c1)c1cnccc1n2-c1ccc2sc3ccc(N4c5ccccc5C(C)(C)c5ccccc54)cc3c2c1. The molecule has 0 N–H and O–H groups in total. The summed E-state index contributed by atoms with van der Waals surface area (Å²) in [6.07, 6.45) is 3.75. The fourth-order valence-corrected chi connectivity index (χ4v) is 8.25. The molecule has 5 aromatic carbocycles. The van der Waals surface area contributed by atoms with Crippen LogP contribution in [0.5, 0.6) is 0 Å². The highest BCUT2D eigenvalue weighted by molar-refractivity contribution is 7.25. The summed E-state index contributed by atoms with van der Waals surface area (Å²) < 4.78 is 4.83. The molecule has 4 nitrogen and oxygen atoms in total. The van der Waals surface area contributed by atoms with Gasteiger partial charge in [0.05, 0.1) is 29.0 Å². The van der Waals surface area contributed by atoms with Gasteiger partial charge < -0.3 is 9.47 Å². The molecule has 0 spiro atoms. The molecule has 0 fully saturated rings. The Morgan fingerprint density at radius 3 is 2.00 bits per heavy atom. The average Bonchev–Trinajstić information content (AvgIpc) is 3.59. The van der Waals surface area contributed by atoms with Crippen molar-refractivity contribution in [1.29, 1.82) is 0 Å². The van der Waals surface area contributed by atoms with Gasteiger partial charge in [-0.25, -0.2) is 4.85 Å². The van der Waals surface area contributed by atoms with E-state index in [1.54, 1.807) is 0 Å². The van der Waals surface area contributed by atoms with Crippen molar-refractivity contribution in [2.45, 2.75) is 19.3 Å². The molecule has 0 atom stereocenters. The molecule has 0 unspecified atom stereocenters. The number of pyridine rings is 1. The van der Waals surface area contributed by atoms with E-state index in [1.165, 1.54) is 42.7 Å². The minimum Gasteiger partial charge on any atom is -0.310 e. The van der Waals surface area contributed by atoms with E-state index in [4.69, 9.17) is 6.57 Å². The zero-order valence-corrected chi connectivity index (χ0v) is 25.1. The van der Waals surface area contributed by atoms with Crippen molar-refractivity contribution < 1.29 is 0 Å². The van der Waals surface area contributed by atoms with Gasteiger partial charge in [0, 0.05) is 54.7 Å². The Labute approximate surface area is 258 Å². The minimum absolute atomic E-state index is 0.0921. The van der Waals surface area contributed by atoms with Crippen LogP contribution in [0.15, 0.2) is 122 Å². The van der Waals surface area contributed by atoms with E-state index < -0.39 is 0 Å². The van der Waals surface area contributed by atoms with Crippen LogP contribution in [0.3, 0.4) is 0 Å². The third kappa shape index (κ3) is 3.40. The molecule has 1 aliphatic heterocycles. The minimum atomic E-state index is -0.0921. The molecule has 8 aromatic rings. The summed E-state index contributed by atoms with van der Waals surface area (Å²) >= 11 is 1.84. The van der Waals surface area contributed by atoms with Crippen LogP contribution in [0.4, 0.5) is 22.7 Å². The van der Waals surface area contributed by atoms with Crippen molar-refractivity contribution in [2.75, 3.05) is 4.90 Å². The summed E-state index contributed by atoms with van der Waals surface area (Å²) in [6.45, 7) is 12.2. The van der Waals surface area contributed by atoms with Crippen molar-refractivity contribution in [2.24, 2.45) is 0 Å². The molecule has 0 saturated heterocycles. The van der Waals surface area contributed by atoms with E-state index in [0.29, 0.717) is 5.69 Å². The van der Waals surface area contributed by atoms with Gasteiger partial charge in [0.1, 0.15) is 0 Å². The Morgan fingerprint density at radius 2 is 1.30 bits per heavy atom. The maximum atomic E-state index is 7.54. The quantitative estimate of drug-likeness (QED) is 0.189. The Bertz CT molecular complexity index is 2460. The molecular formula is C39H26N4S. The number of hydrogen-bond donors (Lipinski definition) is 0. The van der Waals surface area contributed by atoms with Crippen LogP contribution in [-0.2, 0) is 5.41 Å². The normalized spacial score (nSPS) is 13.8. The molecule has 44 heavy (non-hydrogen) atoms. The zero-order chi connectivity index (χ0) is 29.6. The van der Waals surface area contributed by atoms with Gasteiger partial charge in [0.25, 0.3) is 0 Å². The van der Waals surface area contributed by atoms with Crippen molar-refractivity contribution in [1.82, 2.24) is 9.55 Å². The van der Waals surface area contributed by atoms with Crippen molar-refractivity contribution in [3.05, 3.63) is 144 Å². The molecule has 0 bridgehead atoms. The summed E-state index contributed by atoms with van der Waals surface area (Å²) in [7, 11) is 0. The Hall–Kier alpha value is -5.44. The smallest absolute Gasteiger partial charge is 0.188 e. The van der Waals surface area contributed by atoms with Gasteiger partial charge in [-0.15, -0.1) is 11.3 Å². The largest absolute Gasteiger partial charge is 0.310 e. The van der Waals surface area contributed by atoms with Crippen LogP contribution in [0.25, 0.3) is 52.5 Å². The first-order chi connectivity index (χ1) is 21.5. The number of fused-ring (bicyclic) bond motifs is 8. The first kappa shape index (κ1) is 25.1. The number of aromatic nitrogens is 2. The Kier molecular flexibility index (Phi) is 5.15. The fraction of sp³-hybridized carbons (Fsp3) is 0.0769.